The van der Waals surface area contributed by atoms with Gasteiger partial charge in [-0.3, -0.25) is 9.59 Å². The summed E-state index contributed by atoms with van der Waals surface area (Å²) in [5.74, 6) is 0.419. The summed E-state index contributed by atoms with van der Waals surface area (Å²) in [6, 6.07) is -0.245. The van der Waals surface area contributed by atoms with Gasteiger partial charge >= 0.3 is 0 Å². The maximum Gasteiger partial charge on any atom is 0.220 e. The van der Waals surface area contributed by atoms with Crippen LogP contribution in [0.25, 0.3) is 0 Å². The molecule has 1 rings (SSSR count). The number of carbonyl (C=O) groups is 2. The second-order valence-electron chi connectivity index (χ2n) is 4.35. The van der Waals surface area contributed by atoms with Crippen molar-refractivity contribution < 1.29 is 9.59 Å². The van der Waals surface area contributed by atoms with E-state index in [1.54, 1.807) is 6.92 Å². The molecule has 1 aromatic heterocycles. The van der Waals surface area contributed by atoms with E-state index in [1.165, 1.54) is 6.92 Å². The van der Waals surface area contributed by atoms with Crippen molar-refractivity contribution in [1.82, 2.24) is 31.3 Å². The molecule has 2 amide bonds. The number of unbranched alkanes of at least 4 members (excludes halogenated alkanes) is 2. The van der Waals surface area contributed by atoms with Gasteiger partial charge in [-0.2, -0.15) is 5.21 Å². The number of hydrogen-bond acceptors (Lipinski definition) is 5. The van der Waals surface area contributed by atoms with E-state index >= 15 is 0 Å². The van der Waals surface area contributed by atoms with Crippen LogP contribution in [0.3, 0.4) is 0 Å². The molecule has 8 nitrogen and oxygen atoms in total. The van der Waals surface area contributed by atoms with Crippen LogP contribution in [0.5, 0.6) is 0 Å². The van der Waals surface area contributed by atoms with E-state index in [0.717, 1.165) is 19.3 Å². The third kappa shape index (κ3) is 6.49. The fraction of sp³-hybridized carbons (Fsp3) is 0.727. The zero-order valence-corrected chi connectivity index (χ0v) is 11.3. The molecule has 0 aromatic carbocycles. The predicted octanol–water partition coefficient (Wildman–Crippen LogP) is 0.0734. The zero-order valence-electron chi connectivity index (χ0n) is 11.3. The van der Waals surface area contributed by atoms with E-state index in [1.807, 2.05) is 0 Å². The third-order valence-electron chi connectivity index (χ3n) is 2.58. The van der Waals surface area contributed by atoms with E-state index in [0.29, 0.717) is 18.8 Å². The van der Waals surface area contributed by atoms with Crippen LogP contribution in [0.1, 0.15) is 51.4 Å². The lowest BCUT2D eigenvalue weighted by Crippen LogP contribution is -2.27. The minimum Gasteiger partial charge on any atom is -0.356 e. The van der Waals surface area contributed by atoms with Crippen molar-refractivity contribution in [3.05, 3.63) is 5.82 Å². The lowest BCUT2D eigenvalue weighted by Gasteiger charge is -2.09. The normalized spacial score (nSPS) is 11.9. The maximum atomic E-state index is 11.6. The Morgan fingerprint density at radius 2 is 2.11 bits per heavy atom. The first-order chi connectivity index (χ1) is 9.09. The Morgan fingerprint density at radius 1 is 1.32 bits per heavy atom. The Kier molecular flexibility index (Phi) is 6.48. The van der Waals surface area contributed by atoms with Gasteiger partial charge < -0.3 is 10.6 Å². The molecule has 0 fully saturated rings. The lowest BCUT2D eigenvalue weighted by atomic mass is 10.2. The fourth-order valence-corrected chi connectivity index (χ4v) is 1.58. The predicted molar refractivity (Wildman–Crippen MR) is 67.9 cm³/mol. The molecule has 0 aliphatic rings. The minimum absolute atomic E-state index is 0.0216. The van der Waals surface area contributed by atoms with E-state index in [9.17, 15) is 9.59 Å². The van der Waals surface area contributed by atoms with Gasteiger partial charge in [0.05, 0.1) is 6.04 Å². The van der Waals surface area contributed by atoms with Crippen LogP contribution in [0, 0.1) is 0 Å². The summed E-state index contributed by atoms with van der Waals surface area (Å²) in [6.45, 7) is 3.96. The number of tetrazole rings is 1. The Bertz CT molecular complexity index is 392. The van der Waals surface area contributed by atoms with Crippen LogP contribution in [-0.4, -0.2) is 39.0 Å². The van der Waals surface area contributed by atoms with Crippen LogP contribution in [0.2, 0.25) is 0 Å². The number of aromatic amines is 1. The molecule has 0 radical (unpaired) electrons. The first kappa shape index (κ1) is 15.1. The number of H-pyrrole nitrogens is 1. The van der Waals surface area contributed by atoms with Gasteiger partial charge in [-0.1, -0.05) is 11.6 Å². The van der Waals surface area contributed by atoms with Gasteiger partial charge in [0.1, 0.15) is 0 Å². The molecule has 106 valence electrons. The summed E-state index contributed by atoms with van der Waals surface area (Å²) < 4.78 is 0. The van der Waals surface area contributed by atoms with Crippen molar-refractivity contribution in [2.24, 2.45) is 0 Å². The van der Waals surface area contributed by atoms with Crippen molar-refractivity contribution >= 4 is 11.8 Å². The SMILES string of the molecule is CC(=O)NCCCCCC(=O)NC(C)c1nn[nH]n1. The molecule has 1 aromatic rings. The highest BCUT2D eigenvalue weighted by molar-refractivity contribution is 5.76. The van der Waals surface area contributed by atoms with Gasteiger partial charge in [0, 0.05) is 19.9 Å². The summed E-state index contributed by atoms with van der Waals surface area (Å²) >= 11 is 0. The number of aromatic nitrogens is 4. The van der Waals surface area contributed by atoms with Gasteiger partial charge in [0.15, 0.2) is 5.82 Å². The molecule has 8 heteroatoms. The van der Waals surface area contributed by atoms with Crippen LogP contribution in [0.4, 0.5) is 0 Å². The standard InChI is InChI=1S/C11H20N6O2/c1-8(11-14-16-17-15-11)13-10(19)6-4-3-5-7-12-9(2)18/h8H,3-7H2,1-2H3,(H,12,18)(H,13,19)(H,14,15,16,17). The monoisotopic (exact) mass is 268 g/mol. The van der Waals surface area contributed by atoms with E-state index in [4.69, 9.17) is 0 Å². The molecular formula is C11H20N6O2. The molecule has 0 saturated heterocycles. The minimum atomic E-state index is -0.245. The molecule has 3 N–H and O–H groups in total. The van der Waals surface area contributed by atoms with E-state index in [2.05, 4.69) is 31.3 Å². The summed E-state index contributed by atoms with van der Waals surface area (Å²) in [5.41, 5.74) is 0. The van der Waals surface area contributed by atoms with Gasteiger partial charge in [-0.05, 0) is 19.8 Å². The average Bonchev–Trinajstić information content (AvgIpc) is 2.87. The van der Waals surface area contributed by atoms with Gasteiger partial charge in [-0.15, -0.1) is 10.2 Å². The van der Waals surface area contributed by atoms with Gasteiger partial charge in [-0.25, -0.2) is 0 Å². The summed E-state index contributed by atoms with van der Waals surface area (Å²) in [4.78, 5) is 22.2. The van der Waals surface area contributed by atoms with Crippen molar-refractivity contribution in [2.75, 3.05) is 6.54 Å². The van der Waals surface area contributed by atoms with Gasteiger partial charge in [0.25, 0.3) is 0 Å². The molecular weight excluding hydrogens is 248 g/mol. The van der Waals surface area contributed by atoms with Crippen molar-refractivity contribution in [3.8, 4) is 0 Å². The quantitative estimate of drug-likeness (QED) is 0.578. The Balaban J connectivity index is 2.06. The molecule has 0 saturated carbocycles. The Labute approximate surface area is 111 Å². The van der Waals surface area contributed by atoms with E-state index in [-0.39, 0.29) is 17.9 Å². The number of amides is 2. The smallest absolute Gasteiger partial charge is 0.220 e. The van der Waals surface area contributed by atoms with E-state index < -0.39 is 0 Å². The average molecular weight is 268 g/mol. The zero-order chi connectivity index (χ0) is 14.1. The highest BCUT2D eigenvalue weighted by Gasteiger charge is 2.12. The molecule has 1 unspecified atom stereocenters. The highest BCUT2D eigenvalue weighted by atomic mass is 16.2. The number of nitrogens with one attached hydrogen (secondary N) is 3. The molecule has 0 bridgehead atoms. The molecule has 0 spiro atoms. The third-order valence-corrected chi connectivity index (χ3v) is 2.58. The number of rotatable bonds is 8. The molecule has 0 aliphatic heterocycles. The Morgan fingerprint density at radius 3 is 2.74 bits per heavy atom. The van der Waals surface area contributed by atoms with Gasteiger partial charge in [0.2, 0.25) is 11.8 Å². The largest absolute Gasteiger partial charge is 0.356 e. The van der Waals surface area contributed by atoms with Crippen molar-refractivity contribution in [1.29, 1.82) is 0 Å². The first-order valence-electron chi connectivity index (χ1n) is 6.36. The molecule has 1 atom stereocenters. The topological polar surface area (TPSA) is 113 Å². The molecule has 19 heavy (non-hydrogen) atoms. The Hall–Kier alpha value is -1.99. The first-order valence-corrected chi connectivity index (χ1v) is 6.36. The van der Waals surface area contributed by atoms with Crippen LogP contribution in [-0.2, 0) is 9.59 Å². The molecule has 1 heterocycles. The summed E-state index contributed by atoms with van der Waals surface area (Å²) in [5, 5.41) is 18.9. The molecule has 0 aliphatic carbocycles. The van der Waals surface area contributed by atoms with Crippen molar-refractivity contribution in [2.45, 2.75) is 45.6 Å². The summed E-state index contributed by atoms with van der Waals surface area (Å²) in [6.07, 6.45) is 3.05. The maximum absolute atomic E-state index is 11.6. The number of nitrogens with zero attached hydrogens (tertiary/aromatic N) is 3. The lowest BCUT2D eigenvalue weighted by molar-refractivity contribution is -0.122. The van der Waals surface area contributed by atoms with Crippen LogP contribution >= 0.6 is 0 Å². The van der Waals surface area contributed by atoms with Crippen LogP contribution in [0.15, 0.2) is 0 Å². The second-order valence-corrected chi connectivity index (χ2v) is 4.35. The highest BCUT2D eigenvalue weighted by Crippen LogP contribution is 2.05. The van der Waals surface area contributed by atoms with Crippen molar-refractivity contribution in [3.63, 3.8) is 0 Å². The fourth-order valence-electron chi connectivity index (χ4n) is 1.58. The summed E-state index contributed by atoms with van der Waals surface area (Å²) in [7, 11) is 0. The van der Waals surface area contributed by atoms with Crippen LogP contribution < -0.4 is 10.6 Å². The second kappa shape index (κ2) is 8.17. The number of carbonyl (C=O) groups excluding carboxylic acids is 2. The number of hydrogen-bond donors (Lipinski definition) is 3.